The number of carbonyl (C=O) groups excluding carboxylic acids is 1. The molecule has 2 N–H and O–H groups in total. The predicted octanol–water partition coefficient (Wildman–Crippen LogP) is 1.99. The van der Waals surface area contributed by atoms with Crippen molar-refractivity contribution in [1.29, 1.82) is 0 Å². The van der Waals surface area contributed by atoms with Crippen molar-refractivity contribution in [3.05, 3.63) is 42.2 Å². The summed E-state index contributed by atoms with van der Waals surface area (Å²) < 4.78 is 4.91. The molecule has 0 heterocycles. The van der Waals surface area contributed by atoms with Gasteiger partial charge in [0.25, 0.3) is 5.91 Å². The van der Waals surface area contributed by atoms with E-state index in [0.29, 0.717) is 6.61 Å². The molecule has 16 heavy (non-hydrogen) atoms. The Morgan fingerprint density at radius 2 is 2.31 bits per heavy atom. The molecule has 1 aromatic carbocycles. The molecule has 1 aromatic rings. The van der Waals surface area contributed by atoms with E-state index in [1.54, 1.807) is 0 Å². The second kappa shape index (κ2) is 6.50. The third-order valence-corrected chi connectivity index (χ3v) is 1.83. The van der Waals surface area contributed by atoms with Gasteiger partial charge in [0.1, 0.15) is 0 Å². The molecule has 0 aromatic heterocycles. The third-order valence-electron chi connectivity index (χ3n) is 1.83. The molecule has 0 aliphatic rings. The highest BCUT2D eigenvalue weighted by Gasteiger charge is 1.95. The maximum absolute atomic E-state index is 11.2. The zero-order chi connectivity index (χ0) is 11.8. The average Bonchev–Trinajstić information content (AvgIpc) is 2.27. The van der Waals surface area contributed by atoms with Crippen molar-refractivity contribution < 1.29 is 9.53 Å². The van der Waals surface area contributed by atoms with Gasteiger partial charge < -0.3 is 4.74 Å². The Bertz CT molecular complexity index is 375. The number of nitrogens with one attached hydrogen (secondary N) is 2. The molecule has 4 nitrogen and oxygen atoms in total. The van der Waals surface area contributed by atoms with Crippen molar-refractivity contribution in [2.24, 2.45) is 0 Å². The molecule has 0 saturated heterocycles. The Morgan fingerprint density at radius 1 is 1.50 bits per heavy atom. The molecule has 1 rings (SSSR count). The van der Waals surface area contributed by atoms with Crippen molar-refractivity contribution in [3.63, 3.8) is 0 Å². The average molecular weight is 220 g/mol. The lowest BCUT2D eigenvalue weighted by Crippen LogP contribution is -2.27. The van der Waals surface area contributed by atoms with Crippen LogP contribution in [0, 0.1) is 6.92 Å². The van der Waals surface area contributed by atoms with Crippen LogP contribution in [0.15, 0.2) is 36.6 Å². The summed E-state index contributed by atoms with van der Waals surface area (Å²) in [5.41, 5.74) is 7.31. The molecule has 4 heteroatoms. The van der Waals surface area contributed by atoms with E-state index in [1.807, 2.05) is 38.1 Å². The van der Waals surface area contributed by atoms with E-state index in [4.69, 9.17) is 4.74 Å². The molecule has 0 fully saturated rings. The first-order chi connectivity index (χ1) is 7.72. The van der Waals surface area contributed by atoms with E-state index >= 15 is 0 Å². The predicted molar refractivity (Wildman–Crippen MR) is 63.7 cm³/mol. The minimum absolute atomic E-state index is 0.255. The second-order valence-electron chi connectivity index (χ2n) is 3.24. The van der Waals surface area contributed by atoms with Gasteiger partial charge in [0, 0.05) is 6.08 Å². The Morgan fingerprint density at radius 3 is 3.00 bits per heavy atom. The van der Waals surface area contributed by atoms with E-state index in [2.05, 4.69) is 10.9 Å². The molecule has 0 unspecified atom stereocenters. The fourth-order valence-electron chi connectivity index (χ4n) is 1.10. The van der Waals surface area contributed by atoms with Crippen molar-refractivity contribution in [3.8, 4) is 0 Å². The van der Waals surface area contributed by atoms with Gasteiger partial charge in [0.15, 0.2) is 0 Å². The minimum atomic E-state index is -0.255. The number of hydrazine groups is 1. The van der Waals surface area contributed by atoms with Crippen LogP contribution in [0.25, 0.3) is 0 Å². The van der Waals surface area contributed by atoms with Crippen LogP contribution in [0.2, 0.25) is 0 Å². The first-order valence-corrected chi connectivity index (χ1v) is 5.13. The summed E-state index contributed by atoms with van der Waals surface area (Å²) in [6.07, 6.45) is 2.69. The molecule has 0 bridgehead atoms. The van der Waals surface area contributed by atoms with Crippen molar-refractivity contribution in [2.75, 3.05) is 12.0 Å². The molecule has 0 aliphatic carbocycles. The fraction of sp³-hybridized carbons (Fsp3) is 0.250. The maximum atomic E-state index is 11.2. The fourth-order valence-corrected chi connectivity index (χ4v) is 1.10. The van der Waals surface area contributed by atoms with Crippen LogP contribution in [0.4, 0.5) is 5.69 Å². The largest absolute Gasteiger partial charge is 0.501 e. The van der Waals surface area contributed by atoms with Crippen LogP contribution in [-0.2, 0) is 9.53 Å². The summed E-state index contributed by atoms with van der Waals surface area (Å²) in [5, 5.41) is 0. The van der Waals surface area contributed by atoms with Crippen LogP contribution in [-0.4, -0.2) is 12.5 Å². The Labute approximate surface area is 95.3 Å². The molecular formula is C12H16N2O2. The van der Waals surface area contributed by atoms with Gasteiger partial charge in [-0.05, 0) is 31.5 Å². The Hall–Kier alpha value is -1.97. The lowest BCUT2D eigenvalue weighted by atomic mass is 10.2. The Kier molecular flexibility index (Phi) is 4.92. The van der Waals surface area contributed by atoms with Gasteiger partial charge in [-0.15, -0.1) is 0 Å². The highest BCUT2D eigenvalue weighted by molar-refractivity contribution is 5.88. The summed E-state index contributed by atoms with van der Waals surface area (Å²) in [5.74, 6) is -0.255. The van der Waals surface area contributed by atoms with Crippen LogP contribution in [0.3, 0.4) is 0 Å². The standard InChI is InChI=1S/C12H16N2O2/c1-3-16-8-7-12(15)14-13-11-6-4-5-10(2)9-11/h4-9,13H,3H2,1-2H3,(H,14,15). The molecule has 0 atom stereocenters. The number of benzene rings is 1. The monoisotopic (exact) mass is 220 g/mol. The van der Waals surface area contributed by atoms with E-state index in [1.165, 1.54) is 12.3 Å². The molecule has 0 spiro atoms. The SMILES string of the molecule is CCOC=CC(=O)NNc1cccc(C)c1. The first-order valence-electron chi connectivity index (χ1n) is 5.13. The lowest BCUT2D eigenvalue weighted by molar-refractivity contribution is -0.116. The van der Waals surface area contributed by atoms with Gasteiger partial charge in [-0.3, -0.25) is 15.6 Å². The number of ether oxygens (including phenoxy) is 1. The summed E-state index contributed by atoms with van der Waals surface area (Å²) in [7, 11) is 0. The molecule has 86 valence electrons. The number of hydrogen-bond donors (Lipinski definition) is 2. The van der Waals surface area contributed by atoms with Crippen molar-refractivity contribution in [2.45, 2.75) is 13.8 Å². The maximum Gasteiger partial charge on any atom is 0.265 e. The summed E-state index contributed by atoms with van der Waals surface area (Å²) in [4.78, 5) is 11.2. The number of rotatable bonds is 5. The van der Waals surface area contributed by atoms with E-state index in [9.17, 15) is 4.79 Å². The number of hydrogen-bond acceptors (Lipinski definition) is 3. The molecule has 1 amide bonds. The van der Waals surface area contributed by atoms with E-state index < -0.39 is 0 Å². The van der Waals surface area contributed by atoms with E-state index in [0.717, 1.165) is 11.3 Å². The Balaban J connectivity index is 2.37. The summed E-state index contributed by atoms with van der Waals surface area (Å²) in [6.45, 7) is 4.39. The van der Waals surface area contributed by atoms with Gasteiger partial charge in [0.05, 0.1) is 18.6 Å². The molecule has 0 aliphatic heterocycles. The van der Waals surface area contributed by atoms with Crippen LogP contribution in [0.1, 0.15) is 12.5 Å². The number of amides is 1. The number of aryl methyl sites for hydroxylation is 1. The van der Waals surface area contributed by atoms with Gasteiger partial charge in [0.2, 0.25) is 0 Å². The van der Waals surface area contributed by atoms with Gasteiger partial charge in [-0.1, -0.05) is 12.1 Å². The van der Waals surface area contributed by atoms with Crippen LogP contribution < -0.4 is 10.9 Å². The number of carbonyl (C=O) groups is 1. The topological polar surface area (TPSA) is 50.4 Å². The van der Waals surface area contributed by atoms with Crippen LogP contribution in [0.5, 0.6) is 0 Å². The van der Waals surface area contributed by atoms with Crippen LogP contribution >= 0.6 is 0 Å². The quantitative estimate of drug-likeness (QED) is 0.453. The molecule has 0 saturated carbocycles. The third kappa shape index (κ3) is 4.50. The first kappa shape index (κ1) is 12.1. The lowest BCUT2D eigenvalue weighted by Gasteiger charge is -2.06. The number of anilines is 1. The second-order valence-corrected chi connectivity index (χ2v) is 3.24. The highest BCUT2D eigenvalue weighted by Crippen LogP contribution is 2.07. The zero-order valence-electron chi connectivity index (χ0n) is 9.49. The van der Waals surface area contributed by atoms with Gasteiger partial charge >= 0.3 is 0 Å². The van der Waals surface area contributed by atoms with Gasteiger partial charge in [-0.2, -0.15) is 0 Å². The van der Waals surface area contributed by atoms with Crippen molar-refractivity contribution in [1.82, 2.24) is 5.43 Å². The summed E-state index contributed by atoms with van der Waals surface area (Å²) in [6, 6.07) is 7.72. The van der Waals surface area contributed by atoms with E-state index in [-0.39, 0.29) is 5.91 Å². The zero-order valence-corrected chi connectivity index (χ0v) is 9.49. The molecular weight excluding hydrogens is 204 g/mol. The molecule has 0 radical (unpaired) electrons. The summed E-state index contributed by atoms with van der Waals surface area (Å²) >= 11 is 0. The highest BCUT2D eigenvalue weighted by atomic mass is 16.5. The van der Waals surface area contributed by atoms with Gasteiger partial charge in [-0.25, -0.2) is 0 Å². The normalized spacial score (nSPS) is 10.1. The van der Waals surface area contributed by atoms with Crippen molar-refractivity contribution >= 4 is 11.6 Å². The smallest absolute Gasteiger partial charge is 0.265 e. The minimum Gasteiger partial charge on any atom is -0.501 e.